The number of H-pyrrole nitrogens is 4. The molecule has 96 heavy (non-hydrogen) atoms. The van der Waals surface area contributed by atoms with Crippen LogP contribution in [0.5, 0.6) is 23.0 Å². The van der Waals surface area contributed by atoms with E-state index >= 15 is 0 Å². The lowest BCUT2D eigenvalue weighted by atomic mass is 9.78. The number of rotatable bonds is 8. The van der Waals surface area contributed by atoms with Crippen molar-refractivity contribution in [1.82, 2.24) is 19.9 Å². The number of nitrogens with one attached hydrogen (secondary N) is 4. The highest BCUT2D eigenvalue weighted by atomic mass is 16.5. The number of aromatic nitrogens is 4. The van der Waals surface area contributed by atoms with E-state index in [4.69, 9.17) is 9.47 Å². The Morgan fingerprint density at radius 2 is 0.562 bits per heavy atom. The number of ether oxygens (including phenoxy) is 2. The first kappa shape index (κ1) is 61.2. The standard InChI is InChI=1S/C88H80N4O4/c1-85(2,3)57-45-55(46-58(49-57)86(4,5)6)77-65-33-37-69(89-65)83(95-75-43-31-53-23-15-19-27-63(53)81(75)79-61-25-17-13-21-51(61)29-41-73(79)93)71-39-35-67(91-71)78(56-47-59(87(7,8)9)50-60(48-56)88(10,11)12)68-36-40-72(92-68)84(70-38-34-66(77)90-70)96-76-44-32-54-24-16-20-28-64(54)82(76)80-62-26-18-14-22-52(62)30-42-74(80)94/h13-50,89-94H,1-12H3. The van der Waals surface area contributed by atoms with Crippen LogP contribution >= 0.6 is 0 Å². The Morgan fingerprint density at radius 1 is 0.271 bits per heavy atom. The van der Waals surface area contributed by atoms with Crippen LogP contribution in [0.25, 0.3) is 88.0 Å². The number of fused-ring (bicyclic) bond motifs is 12. The van der Waals surface area contributed by atoms with Gasteiger partial charge in [-0.25, -0.2) is 0 Å². The Labute approximate surface area is 560 Å². The first-order valence-electron chi connectivity index (χ1n) is 33.3. The first-order chi connectivity index (χ1) is 45.9. The third kappa shape index (κ3) is 11.0. The number of hydrogen-bond acceptors (Lipinski definition) is 4. The minimum absolute atomic E-state index is 0.156. The Kier molecular flexibility index (Phi) is 14.6. The van der Waals surface area contributed by atoms with Crippen molar-refractivity contribution in [3.8, 4) is 45.3 Å². The molecular weight excluding hydrogens is 1180 g/mol. The van der Waals surface area contributed by atoms with Crippen LogP contribution in [0.4, 0.5) is 0 Å². The van der Waals surface area contributed by atoms with Crippen LogP contribution in [-0.2, 0) is 21.7 Å². The maximum Gasteiger partial charge on any atom is 0.174 e. The van der Waals surface area contributed by atoms with E-state index < -0.39 is 0 Å². The molecule has 14 aromatic rings. The molecule has 0 spiro atoms. The molecule has 8 nitrogen and oxygen atoms in total. The Balaban J connectivity index is 1.06. The lowest BCUT2D eigenvalue weighted by Crippen LogP contribution is -2.22. The molecule has 6 N–H and O–H groups in total. The molecule has 0 saturated heterocycles. The SMILES string of the molecule is CC(C)(C)c1cc(C2=c3ccc([nH]3)=C(Oc3ccc4ccccc4c3-c3c(O)ccc4ccccc34)c3ccc([nH]3)C(c3cc(C(C)(C)C)cc(C(C)(C)C)c3)=c3ccc([nH]3)=C(Oc3ccc4ccccc4c3-c3c(O)ccc4ccccc34)c3ccc2[nH]3)cc(C(C)(C)C)c1. The van der Waals surface area contributed by atoms with E-state index in [9.17, 15) is 10.2 Å². The van der Waals surface area contributed by atoms with Crippen molar-refractivity contribution in [3.63, 3.8) is 0 Å². The second kappa shape index (κ2) is 22.9. The van der Waals surface area contributed by atoms with Crippen LogP contribution in [-0.4, -0.2) is 30.1 Å². The Hall–Kier alpha value is -11.0. The predicted molar refractivity (Wildman–Crippen MR) is 396 cm³/mol. The van der Waals surface area contributed by atoms with Crippen molar-refractivity contribution in [2.45, 2.75) is 105 Å². The summed E-state index contributed by atoms with van der Waals surface area (Å²) in [5.74, 6) is 2.56. The van der Waals surface area contributed by atoms with Crippen LogP contribution in [0.15, 0.2) is 231 Å². The van der Waals surface area contributed by atoms with Gasteiger partial charge in [-0.05, 0) is 171 Å². The van der Waals surface area contributed by atoms with Crippen LogP contribution in [0.2, 0.25) is 0 Å². The maximum absolute atomic E-state index is 12.2. The summed E-state index contributed by atoms with van der Waals surface area (Å²) in [5.41, 5.74) is 14.1. The molecule has 0 aliphatic carbocycles. The van der Waals surface area contributed by atoms with Crippen molar-refractivity contribution in [3.05, 3.63) is 308 Å². The van der Waals surface area contributed by atoms with Gasteiger partial charge in [-0.1, -0.05) is 241 Å². The lowest BCUT2D eigenvalue weighted by Gasteiger charge is -2.26. The molecule has 1 aliphatic heterocycles. The quantitative estimate of drug-likeness (QED) is 0.0907. The van der Waals surface area contributed by atoms with Crippen LogP contribution < -0.4 is 30.9 Å². The third-order valence-electron chi connectivity index (χ3n) is 19.2. The zero-order valence-electron chi connectivity index (χ0n) is 56.7. The van der Waals surface area contributed by atoms with Gasteiger partial charge in [0.2, 0.25) is 0 Å². The molecule has 5 heterocycles. The molecule has 10 aromatic carbocycles. The van der Waals surface area contributed by atoms with Gasteiger partial charge in [0.15, 0.2) is 11.5 Å². The van der Waals surface area contributed by atoms with Gasteiger partial charge in [0.25, 0.3) is 0 Å². The van der Waals surface area contributed by atoms with Crippen LogP contribution in [0, 0.1) is 0 Å². The lowest BCUT2D eigenvalue weighted by molar-refractivity contribution is 0.476. The van der Waals surface area contributed by atoms with Crippen LogP contribution in [0.3, 0.4) is 0 Å². The summed E-state index contributed by atoms with van der Waals surface area (Å²) < 4.78 is 15.4. The highest BCUT2D eigenvalue weighted by Gasteiger charge is 2.29. The maximum atomic E-state index is 12.2. The predicted octanol–water partition coefficient (Wildman–Crippen LogP) is 18.8. The molecular formula is C88H80N4O4. The molecule has 1 aliphatic rings. The summed E-state index contributed by atoms with van der Waals surface area (Å²) in [6, 6.07) is 80.0. The molecule has 0 radical (unpaired) electrons. The minimum Gasteiger partial charge on any atom is -0.507 e. The van der Waals surface area contributed by atoms with E-state index in [-0.39, 0.29) is 33.2 Å². The van der Waals surface area contributed by atoms with E-state index in [0.717, 1.165) is 121 Å². The van der Waals surface area contributed by atoms with Crippen molar-refractivity contribution < 1.29 is 19.7 Å². The van der Waals surface area contributed by atoms with Crippen molar-refractivity contribution in [2.75, 3.05) is 0 Å². The number of phenols is 2. The average molecular weight is 1260 g/mol. The van der Waals surface area contributed by atoms with Gasteiger partial charge < -0.3 is 39.6 Å². The van der Waals surface area contributed by atoms with E-state index in [2.05, 4.69) is 249 Å². The highest BCUT2D eigenvalue weighted by molar-refractivity contribution is 6.11. The van der Waals surface area contributed by atoms with E-state index in [1.807, 2.05) is 72.8 Å². The summed E-state index contributed by atoms with van der Waals surface area (Å²) in [7, 11) is 0. The van der Waals surface area contributed by atoms with Gasteiger partial charge in [0.05, 0.1) is 22.1 Å². The molecule has 0 saturated carbocycles. The molecule has 476 valence electrons. The van der Waals surface area contributed by atoms with Gasteiger partial charge in [-0.3, -0.25) is 0 Å². The fourth-order valence-corrected chi connectivity index (χ4v) is 13.8. The minimum atomic E-state index is -0.193. The molecule has 15 rings (SSSR count). The van der Waals surface area contributed by atoms with Gasteiger partial charge in [0.1, 0.15) is 23.0 Å². The van der Waals surface area contributed by atoms with Crippen molar-refractivity contribution in [1.29, 1.82) is 0 Å². The van der Waals surface area contributed by atoms with Gasteiger partial charge in [-0.15, -0.1) is 0 Å². The van der Waals surface area contributed by atoms with E-state index in [0.29, 0.717) is 34.1 Å². The van der Waals surface area contributed by atoms with E-state index in [1.165, 1.54) is 22.3 Å². The average Bonchev–Trinajstić information content (AvgIpc) is 1.25. The molecule has 0 unspecified atom stereocenters. The van der Waals surface area contributed by atoms with Crippen LogP contribution in [0.1, 0.15) is 139 Å². The first-order valence-corrected chi connectivity index (χ1v) is 33.3. The van der Waals surface area contributed by atoms with Crippen molar-refractivity contribution >= 4 is 65.8 Å². The number of aromatic amines is 4. The molecule has 8 heteroatoms. The van der Waals surface area contributed by atoms with Gasteiger partial charge in [-0.2, -0.15) is 0 Å². The largest absolute Gasteiger partial charge is 0.507 e. The third-order valence-corrected chi connectivity index (χ3v) is 19.2. The molecule has 0 amide bonds. The Bertz CT molecular complexity index is 5320. The van der Waals surface area contributed by atoms with Crippen molar-refractivity contribution in [2.24, 2.45) is 0 Å². The van der Waals surface area contributed by atoms with Gasteiger partial charge in [0, 0.05) is 55.5 Å². The summed E-state index contributed by atoms with van der Waals surface area (Å²) >= 11 is 0. The summed E-state index contributed by atoms with van der Waals surface area (Å²) in [4.78, 5) is 16.0. The summed E-state index contributed by atoms with van der Waals surface area (Å²) in [6.07, 6.45) is 0. The Morgan fingerprint density at radius 3 is 0.896 bits per heavy atom. The second-order valence-electron chi connectivity index (χ2n) is 30.0. The highest BCUT2D eigenvalue weighted by Crippen LogP contribution is 2.48. The number of hydrogen-bond donors (Lipinski definition) is 6. The number of aromatic hydroxyl groups is 2. The summed E-state index contributed by atoms with van der Waals surface area (Å²) in [5, 5.41) is 35.2. The molecule has 0 fully saturated rings. The fraction of sp³-hybridized carbons (Fsp3) is 0.182. The zero-order chi connectivity index (χ0) is 66.7. The smallest absolute Gasteiger partial charge is 0.174 e. The summed E-state index contributed by atoms with van der Waals surface area (Å²) in [6.45, 7) is 27.3. The monoisotopic (exact) mass is 1260 g/mol. The normalized spacial score (nSPS) is 13.2. The zero-order valence-corrected chi connectivity index (χ0v) is 56.7. The van der Waals surface area contributed by atoms with E-state index in [1.54, 1.807) is 12.1 Å². The van der Waals surface area contributed by atoms with Gasteiger partial charge >= 0.3 is 0 Å². The second-order valence-corrected chi connectivity index (χ2v) is 30.0. The molecule has 8 bridgehead atoms. The molecule has 4 aromatic heterocycles. The molecule has 0 atom stereocenters. The fourth-order valence-electron chi connectivity index (χ4n) is 13.8. The number of benzene rings is 10. The number of phenolic OH excluding ortho intramolecular Hbond substituents is 2. The topological polar surface area (TPSA) is 122 Å².